The van der Waals surface area contributed by atoms with Gasteiger partial charge in [-0.05, 0) is 13.8 Å². The third-order valence-electron chi connectivity index (χ3n) is 4.37. The van der Waals surface area contributed by atoms with Gasteiger partial charge in [0, 0.05) is 48.5 Å². The minimum Gasteiger partial charge on any atom is -0.601 e. The minimum absolute atomic E-state index is 0.0896. The number of hydrogen-bond donors (Lipinski definition) is 0. The minimum atomic E-state index is -4.39. The van der Waals surface area contributed by atoms with Gasteiger partial charge in [0.05, 0.1) is 0 Å². The zero-order valence-corrected chi connectivity index (χ0v) is 16.5. The van der Waals surface area contributed by atoms with Gasteiger partial charge < -0.3 is 40.6 Å². The molecule has 2 unspecified atom stereocenters. The molecule has 0 radical (unpaired) electrons. The van der Waals surface area contributed by atoms with Crippen LogP contribution in [0.2, 0.25) is 0 Å². The Balaban J connectivity index is 1.44. The Morgan fingerprint density at radius 1 is 0.677 bits per heavy atom. The van der Waals surface area contributed by atoms with Crippen LogP contribution in [0.4, 0.5) is 17.3 Å². The van der Waals surface area contributed by atoms with E-state index in [1.807, 2.05) is 0 Å². The molecule has 2 atom stereocenters. The molecule has 0 amide bonds. The highest BCUT2D eigenvalue weighted by molar-refractivity contribution is 6.53. The van der Waals surface area contributed by atoms with Crippen molar-refractivity contribution >= 4 is 25.7 Å². The molecule has 4 rings (SSSR count). The van der Waals surface area contributed by atoms with E-state index >= 15 is 0 Å². The molecule has 2 heterocycles. The number of benzene rings is 2. The molecule has 2 aliphatic rings. The topological polar surface area (TPSA) is 46.2 Å². The molecule has 0 N–H and O–H groups in total. The highest BCUT2D eigenvalue weighted by atomic mass is 19.3. The van der Waals surface area contributed by atoms with Gasteiger partial charge in [0.1, 0.15) is 23.7 Å². The van der Waals surface area contributed by atoms with E-state index in [4.69, 9.17) is 4.74 Å². The highest BCUT2D eigenvalue weighted by Crippen LogP contribution is 2.33. The molecule has 160 valence electrons. The molecule has 5 nitrogen and oxygen atoms in total. The molecule has 0 aromatic heterocycles. The normalized spacial score (nSPS) is 23.8. The Morgan fingerprint density at radius 3 is 1.35 bits per heavy atom. The highest BCUT2D eigenvalue weighted by Gasteiger charge is 2.42. The fraction of sp³-hybridized carbons (Fsp3) is 0.200. The molecule has 2 aromatic carbocycles. The molecule has 2 aromatic rings. The van der Waals surface area contributed by atoms with Crippen molar-refractivity contribution in [1.29, 1.82) is 0 Å². The number of rotatable bonds is 4. The lowest BCUT2D eigenvalue weighted by Gasteiger charge is -2.29. The summed E-state index contributed by atoms with van der Waals surface area (Å²) in [5.41, 5.74) is 0.797. The first kappa shape index (κ1) is 21.2. The van der Waals surface area contributed by atoms with Crippen LogP contribution in [-0.2, 0) is 18.6 Å². The van der Waals surface area contributed by atoms with E-state index in [-0.39, 0.29) is 11.5 Å². The van der Waals surface area contributed by atoms with E-state index < -0.39 is 26.4 Å². The second-order valence-corrected chi connectivity index (χ2v) is 6.96. The van der Waals surface area contributed by atoms with E-state index in [2.05, 4.69) is 30.8 Å². The van der Waals surface area contributed by atoms with Crippen molar-refractivity contribution in [2.45, 2.75) is 26.1 Å². The Hall–Kier alpha value is -3.09. The number of ether oxygens (including phenoxy) is 1. The van der Waals surface area contributed by atoms with Gasteiger partial charge in [-0.15, -0.1) is 0 Å². The van der Waals surface area contributed by atoms with Gasteiger partial charge in [0.15, 0.2) is 23.3 Å². The van der Waals surface area contributed by atoms with Crippen molar-refractivity contribution in [1.82, 2.24) is 0 Å². The predicted octanol–water partition coefficient (Wildman–Crippen LogP) is 5.39. The molecule has 0 aliphatic carbocycles. The van der Waals surface area contributed by atoms with Gasteiger partial charge in [-0.3, -0.25) is 0 Å². The van der Waals surface area contributed by atoms with Crippen molar-refractivity contribution in [3.05, 3.63) is 71.8 Å². The quantitative estimate of drug-likeness (QED) is 0.367. The number of hydrogen-bond acceptors (Lipinski definition) is 5. The zero-order chi connectivity index (χ0) is 22.2. The standard InChI is InChI=1S/C20H16B2F4O5/c1-13-11-19(30-21(23,24)28-13)15-3-7-17(8-4-15)27-18-9-5-16(6-10-18)20-12-14(2)29-22(25,26)31-20/h3-10,13-14H,1-2H3. The number of halogens is 4. The van der Waals surface area contributed by atoms with Gasteiger partial charge in [-0.25, -0.2) is 0 Å². The monoisotopic (exact) mass is 434 g/mol. The Morgan fingerprint density at radius 2 is 1.03 bits per heavy atom. The van der Waals surface area contributed by atoms with Crippen LogP contribution in [0.25, 0.3) is 11.5 Å². The van der Waals surface area contributed by atoms with Crippen molar-refractivity contribution in [2.75, 3.05) is 0 Å². The molecule has 31 heavy (non-hydrogen) atoms. The Labute approximate surface area is 176 Å². The maximum absolute atomic E-state index is 13.5. The van der Waals surface area contributed by atoms with E-state index in [1.54, 1.807) is 48.5 Å². The predicted molar refractivity (Wildman–Crippen MR) is 105 cm³/mol. The summed E-state index contributed by atoms with van der Waals surface area (Å²) in [5, 5.41) is 0. The molecule has 0 saturated carbocycles. The van der Waals surface area contributed by atoms with Gasteiger partial charge in [0.2, 0.25) is 0 Å². The van der Waals surface area contributed by atoms with E-state index in [1.165, 1.54) is 13.8 Å². The van der Waals surface area contributed by atoms with Crippen LogP contribution in [0.15, 0.2) is 48.5 Å². The van der Waals surface area contributed by atoms with Gasteiger partial charge in [-0.1, -0.05) is 0 Å². The summed E-state index contributed by atoms with van der Waals surface area (Å²) < 4.78 is 77.5. The fourth-order valence-electron chi connectivity index (χ4n) is 3.10. The summed E-state index contributed by atoms with van der Waals surface area (Å²) >= 11 is 0. The lowest BCUT2D eigenvalue weighted by atomic mass is 10.1. The molecule has 0 fully saturated rings. The fourth-order valence-corrected chi connectivity index (χ4v) is 3.10. The van der Waals surface area contributed by atoms with Gasteiger partial charge in [0.25, 0.3) is 0 Å². The second-order valence-electron chi connectivity index (χ2n) is 6.96. The molecule has 0 spiro atoms. The summed E-state index contributed by atoms with van der Waals surface area (Å²) in [6, 6.07) is 12.5. The van der Waals surface area contributed by atoms with Crippen molar-refractivity contribution in [3.63, 3.8) is 0 Å². The van der Waals surface area contributed by atoms with E-state index in [0.717, 1.165) is 0 Å². The van der Waals surface area contributed by atoms with Gasteiger partial charge in [-0.2, -0.15) is 0 Å². The molecular weight excluding hydrogens is 418 g/mol. The first-order valence-corrected chi connectivity index (χ1v) is 9.48. The third-order valence-corrected chi connectivity index (χ3v) is 4.37. The smallest absolute Gasteiger partial charge is 0.601 e. The van der Waals surface area contributed by atoms with Crippen molar-refractivity contribution in [2.24, 2.45) is 0 Å². The van der Waals surface area contributed by atoms with Crippen LogP contribution in [0, 0.1) is 12.2 Å². The van der Waals surface area contributed by atoms with Crippen molar-refractivity contribution < 1.29 is 40.6 Å². The molecular formula is C20H16B2F4O5. The Kier molecular flexibility index (Phi) is 5.37. The molecule has 0 bridgehead atoms. The second kappa shape index (κ2) is 7.87. The van der Waals surface area contributed by atoms with Crippen LogP contribution in [0.3, 0.4) is 0 Å². The summed E-state index contributed by atoms with van der Waals surface area (Å²) in [7, 11) is -8.78. The lowest BCUT2D eigenvalue weighted by Crippen LogP contribution is -2.38. The summed E-state index contributed by atoms with van der Waals surface area (Å²) in [5.74, 6) is 0.693. The average molecular weight is 434 g/mol. The average Bonchev–Trinajstić information content (AvgIpc) is 2.66. The van der Waals surface area contributed by atoms with E-state index in [0.29, 0.717) is 22.6 Å². The Bertz CT molecular complexity index is 928. The van der Waals surface area contributed by atoms with Crippen LogP contribution in [0.1, 0.15) is 25.0 Å². The van der Waals surface area contributed by atoms with Crippen molar-refractivity contribution in [3.8, 4) is 11.5 Å². The third kappa shape index (κ3) is 5.16. The first-order valence-electron chi connectivity index (χ1n) is 9.48. The lowest BCUT2D eigenvalue weighted by molar-refractivity contribution is 0.0892. The SMILES string of the molecule is CC1[C+]=C(c2ccc(Oc3ccc(C4=[C+]C(C)O[B-](F)(F)O4)cc3)cc2)O[B-](F)(F)O1. The molecule has 11 heteroatoms. The molecule has 2 aliphatic heterocycles. The van der Waals surface area contributed by atoms with Crippen LogP contribution in [0.5, 0.6) is 11.5 Å². The first-order chi connectivity index (χ1) is 14.6. The van der Waals surface area contributed by atoms with Crippen LogP contribution >= 0.6 is 0 Å². The zero-order valence-electron chi connectivity index (χ0n) is 16.5. The van der Waals surface area contributed by atoms with Crippen LogP contribution < -0.4 is 4.74 Å². The summed E-state index contributed by atoms with van der Waals surface area (Å²) in [4.78, 5) is 0. The maximum Gasteiger partial charge on any atom is 0.668 e. The molecule has 0 saturated heterocycles. The largest absolute Gasteiger partial charge is 0.668 e. The maximum atomic E-state index is 13.5. The summed E-state index contributed by atoms with van der Waals surface area (Å²) in [6.45, 7) is 2.89. The summed E-state index contributed by atoms with van der Waals surface area (Å²) in [6.07, 6.45) is 3.58. The van der Waals surface area contributed by atoms with Gasteiger partial charge >= 0.3 is 25.7 Å². The van der Waals surface area contributed by atoms with E-state index in [9.17, 15) is 17.3 Å². The van der Waals surface area contributed by atoms with Crippen LogP contribution in [-0.4, -0.2) is 26.4 Å².